The van der Waals surface area contributed by atoms with E-state index in [4.69, 9.17) is 18.9 Å². The van der Waals surface area contributed by atoms with Crippen LogP contribution in [0, 0.1) is 0 Å². The SMILES string of the molecule is CC/C=C\C/C=C\C/C=C\C/C=C\C/C=C\C/C=C\C/C=C\CCCCCCCCCCCCCCCC(=O)OC(COC(=O)CCCCCCCCCCCC/C=C\C/C=C\C/C=C\C/C=C\CC)COC(OCC[N+](C)(C)C)C(=O)O. The van der Waals surface area contributed by atoms with Crippen LogP contribution in [0.4, 0.5) is 0 Å². The van der Waals surface area contributed by atoms with Crippen LogP contribution >= 0.6 is 0 Å². The molecule has 1 N–H and O–H groups in total. The van der Waals surface area contributed by atoms with Crippen LogP contribution in [0.3, 0.4) is 0 Å². The summed E-state index contributed by atoms with van der Waals surface area (Å²) in [5, 5.41) is 9.74. The Morgan fingerprint density at radius 2 is 0.651 bits per heavy atom. The molecule has 0 saturated heterocycles. The Labute approximate surface area is 509 Å². The molecule has 0 aromatic carbocycles. The summed E-state index contributed by atoms with van der Waals surface area (Å²) in [6.45, 7) is 4.65. The van der Waals surface area contributed by atoms with Gasteiger partial charge in [0.25, 0.3) is 6.29 Å². The fraction of sp³-hybridized carbons (Fsp3) is 0.662. The number of hydrogen-bond acceptors (Lipinski definition) is 7. The van der Waals surface area contributed by atoms with Crippen molar-refractivity contribution >= 4 is 17.9 Å². The average Bonchev–Trinajstić information content (AvgIpc) is 3.46. The van der Waals surface area contributed by atoms with E-state index in [1.54, 1.807) is 0 Å². The molecule has 0 aromatic heterocycles. The number of unbranched alkanes of at least 4 members (excludes halogenated alkanes) is 23. The summed E-state index contributed by atoms with van der Waals surface area (Å²) in [5.74, 6) is -2.02. The van der Waals surface area contributed by atoms with Crippen LogP contribution in [0.1, 0.15) is 258 Å². The first-order chi connectivity index (χ1) is 40.6. The molecule has 0 fully saturated rings. The van der Waals surface area contributed by atoms with Gasteiger partial charge in [-0.05, 0) is 109 Å². The monoisotopic (exact) mass is 1150 g/mol. The highest BCUT2D eigenvalue weighted by atomic mass is 16.7. The molecule has 83 heavy (non-hydrogen) atoms. The summed E-state index contributed by atoms with van der Waals surface area (Å²) < 4.78 is 22.9. The molecular weight excluding hydrogens is 1030 g/mol. The van der Waals surface area contributed by atoms with Crippen molar-refractivity contribution in [3.05, 3.63) is 134 Å². The van der Waals surface area contributed by atoms with E-state index in [9.17, 15) is 19.5 Å². The van der Waals surface area contributed by atoms with E-state index in [0.29, 0.717) is 23.9 Å². The zero-order valence-corrected chi connectivity index (χ0v) is 53.8. The topological polar surface area (TPSA) is 108 Å². The van der Waals surface area contributed by atoms with E-state index in [-0.39, 0.29) is 32.2 Å². The lowest BCUT2D eigenvalue weighted by Gasteiger charge is -2.25. The van der Waals surface area contributed by atoms with Crippen molar-refractivity contribution < 1.29 is 42.9 Å². The first-order valence-electron chi connectivity index (χ1n) is 33.3. The second-order valence-electron chi connectivity index (χ2n) is 23.0. The molecule has 472 valence electrons. The maximum atomic E-state index is 12.9. The highest BCUT2D eigenvalue weighted by Gasteiger charge is 2.25. The molecule has 0 spiro atoms. The second kappa shape index (κ2) is 63.5. The fourth-order valence-electron chi connectivity index (χ4n) is 8.87. The Morgan fingerprint density at radius 1 is 0.361 bits per heavy atom. The summed E-state index contributed by atoms with van der Waals surface area (Å²) in [5.41, 5.74) is 0. The molecule has 0 aliphatic heterocycles. The maximum Gasteiger partial charge on any atom is 0.361 e. The number of quaternary nitrogens is 1. The summed E-state index contributed by atoms with van der Waals surface area (Å²) in [7, 11) is 5.97. The van der Waals surface area contributed by atoms with Crippen LogP contribution in [0.25, 0.3) is 0 Å². The quantitative estimate of drug-likeness (QED) is 0.0211. The van der Waals surface area contributed by atoms with Crippen LogP contribution in [0.5, 0.6) is 0 Å². The normalized spacial score (nSPS) is 13.6. The molecule has 2 atom stereocenters. The number of aliphatic carboxylic acids is 1. The largest absolute Gasteiger partial charge is 0.477 e. The average molecular weight is 1160 g/mol. The summed E-state index contributed by atoms with van der Waals surface area (Å²) in [6.07, 6.45) is 88.3. The van der Waals surface area contributed by atoms with Gasteiger partial charge in [-0.2, -0.15) is 0 Å². The van der Waals surface area contributed by atoms with Crippen molar-refractivity contribution in [2.45, 2.75) is 270 Å². The first kappa shape index (κ1) is 78.4. The predicted octanol–water partition coefficient (Wildman–Crippen LogP) is 20.6. The highest BCUT2D eigenvalue weighted by Crippen LogP contribution is 2.16. The van der Waals surface area contributed by atoms with E-state index in [1.807, 2.05) is 21.1 Å². The van der Waals surface area contributed by atoms with Gasteiger partial charge in [0.1, 0.15) is 13.2 Å². The van der Waals surface area contributed by atoms with Crippen molar-refractivity contribution in [1.82, 2.24) is 0 Å². The molecule has 0 radical (unpaired) electrons. The smallest absolute Gasteiger partial charge is 0.361 e. The molecule has 0 aliphatic rings. The highest BCUT2D eigenvalue weighted by molar-refractivity contribution is 5.71. The summed E-state index contributed by atoms with van der Waals surface area (Å²) >= 11 is 0. The van der Waals surface area contributed by atoms with Gasteiger partial charge < -0.3 is 28.5 Å². The standard InChI is InChI=1S/C74H123NO8/c1-6-8-10-12-14-16-18-20-22-24-26-28-30-31-32-33-34-35-36-37-38-39-40-41-43-45-47-49-51-53-55-57-59-61-63-65-72(77)83-70(69-82-74(73(78)79)80-67-66-75(3,4)5)68-81-71(76)64-62-60-58-56-54-52-50-48-46-44-42-29-27-25-23-21-19-17-15-13-11-9-7-2/h8-11,14-17,20-23,26-29,31-32,34-35,37-38,70,74H,6-7,12-13,18-19,24-25,30,33,36,39-69H2,1-5H3/p+1/b10-8-,11-9-,16-14-,17-15-,22-20-,23-21-,28-26-,29-27-,32-31-,35-34-,38-37-. The van der Waals surface area contributed by atoms with Crippen LogP contribution in [-0.2, 0) is 33.3 Å². The Bertz CT molecular complexity index is 1820. The van der Waals surface area contributed by atoms with Gasteiger partial charge in [-0.3, -0.25) is 9.59 Å². The number of ether oxygens (including phenoxy) is 4. The van der Waals surface area contributed by atoms with Gasteiger partial charge in [0.15, 0.2) is 6.10 Å². The minimum Gasteiger partial charge on any atom is -0.477 e. The molecule has 0 aliphatic carbocycles. The van der Waals surface area contributed by atoms with E-state index in [0.717, 1.165) is 116 Å². The molecule has 0 saturated carbocycles. The molecule has 0 aromatic rings. The molecule has 0 heterocycles. The minimum atomic E-state index is -1.52. The minimum absolute atomic E-state index is 0.181. The van der Waals surface area contributed by atoms with Crippen LogP contribution in [0.2, 0.25) is 0 Å². The second-order valence-corrected chi connectivity index (χ2v) is 23.0. The van der Waals surface area contributed by atoms with Gasteiger partial charge in [0.05, 0.1) is 34.4 Å². The van der Waals surface area contributed by atoms with Gasteiger partial charge in [-0.25, -0.2) is 4.79 Å². The lowest BCUT2D eigenvalue weighted by molar-refractivity contribution is -0.870. The molecule has 0 rings (SSSR count). The van der Waals surface area contributed by atoms with E-state index in [2.05, 4.69) is 148 Å². The molecule has 9 nitrogen and oxygen atoms in total. The molecule has 2 unspecified atom stereocenters. The zero-order valence-electron chi connectivity index (χ0n) is 53.8. The molecule has 0 bridgehead atoms. The number of allylic oxidation sites excluding steroid dienone is 22. The fourth-order valence-corrected chi connectivity index (χ4v) is 8.87. The van der Waals surface area contributed by atoms with E-state index >= 15 is 0 Å². The van der Waals surface area contributed by atoms with E-state index in [1.165, 1.54) is 109 Å². The van der Waals surface area contributed by atoms with Gasteiger partial charge in [-0.15, -0.1) is 0 Å². The van der Waals surface area contributed by atoms with Gasteiger partial charge >= 0.3 is 17.9 Å². The number of hydrogen-bond donors (Lipinski definition) is 1. The van der Waals surface area contributed by atoms with Crippen molar-refractivity contribution in [2.24, 2.45) is 0 Å². The van der Waals surface area contributed by atoms with Gasteiger partial charge in [0, 0.05) is 12.8 Å². The first-order valence-corrected chi connectivity index (χ1v) is 33.3. The van der Waals surface area contributed by atoms with Gasteiger partial charge in [-0.1, -0.05) is 270 Å². The van der Waals surface area contributed by atoms with Crippen molar-refractivity contribution in [3.63, 3.8) is 0 Å². The lowest BCUT2D eigenvalue weighted by Crippen LogP contribution is -2.40. The number of carboxylic acid groups (broad SMARTS) is 1. The number of nitrogens with zero attached hydrogens (tertiary/aromatic N) is 1. The number of rotatable bonds is 60. The number of carboxylic acids is 1. The maximum absolute atomic E-state index is 12.9. The van der Waals surface area contributed by atoms with Crippen molar-refractivity contribution in [3.8, 4) is 0 Å². The third-order valence-corrected chi connectivity index (χ3v) is 13.9. The van der Waals surface area contributed by atoms with Gasteiger partial charge in [0.2, 0.25) is 0 Å². The van der Waals surface area contributed by atoms with Crippen LogP contribution < -0.4 is 0 Å². The number of likely N-dealkylation sites (N-methyl/N-ethyl adjacent to an activating group) is 1. The number of esters is 2. The molecule has 0 amide bonds. The van der Waals surface area contributed by atoms with E-state index < -0.39 is 24.3 Å². The third kappa shape index (κ3) is 64.8. The molecule has 9 heteroatoms. The third-order valence-electron chi connectivity index (χ3n) is 13.9. The van der Waals surface area contributed by atoms with Crippen molar-refractivity contribution in [1.29, 1.82) is 0 Å². The Kier molecular flexibility index (Phi) is 60.0. The van der Waals surface area contributed by atoms with Crippen molar-refractivity contribution in [2.75, 3.05) is 47.5 Å². The Balaban J connectivity index is 4.16. The predicted molar refractivity (Wildman–Crippen MR) is 354 cm³/mol. The zero-order chi connectivity index (χ0) is 60.5. The summed E-state index contributed by atoms with van der Waals surface area (Å²) in [4.78, 5) is 37.6. The Hall–Kier alpha value is -4.57. The Morgan fingerprint density at radius 3 is 0.964 bits per heavy atom. The summed E-state index contributed by atoms with van der Waals surface area (Å²) in [6, 6.07) is 0. The molecular formula is C74H124NO8+. The number of carbonyl (C=O) groups excluding carboxylic acids is 2. The number of carbonyl (C=O) groups is 3. The lowest BCUT2D eigenvalue weighted by atomic mass is 10.0. The van der Waals surface area contributed by atoms with Crippen LogP contribution in [0.15, 0.2) is 134 Å². The van der Waals surface area contributed by atoms with Crippen LogP contribution in [-0.4, -0.2) is 87.4 Å².